The van der Waals surface area contributed by atoms with Crippen molar-refractivity contribution in [1.29, 1.82) is 0 Å². The van der Waals surface area contributed by atoms with E-state index in [-0.39, 0.29) is 95.8 Å². The lowest BCUT2D eigenvalue weighted by Gasteiger charge is -2.28. The fourth-order valence-corrected chi connectivity index (χ4v) is 7.87. The van der Waals surface area contributed by atoms with Crippen LogP contribution in [0.3, 0.4) is 0 Å². The number of hydrogen-bond acceptors (Lipinski definition) is 17. The Balaban J connectivity index is 2.35. The van der Waals surface area contributed by atoms with E-state index in [4.69, 9.17) is 45.9 Å². The number of aryl methyl sites for hydroxylation is 1. The molecule has 0 radical (unpaired) electrons. The van der Waals surface area contributed by atoms with Crippen molar-refractivity contribution < 1.29 is 53.4 Å². The molecule has 1 saturated heterocycles. The number of carbonyl (C=O) groups is 9. The molecule has 1 aliphatic heterocycles. The Morgan fingerprint density at radius 1 is 0.776 bits per heavy atom. The smallest absolute Gasteiger partial charge is 0.352 e. The summed E-state index contributed by atoms with van der Waals surface area (Å²) >= 11 is 0. The summed E-state index contributed by atoms with van der Waals surface area (Å²) in [5.41, 5.74) is 45.7. The number of carbonyl (C=O) groups excluding carboxylic acids is 8. The molecule has 424 valence electrons. The van der Waals surface area contributed by atoms with Crippen LogP contribution in [0.5, 0.6) is 0 Å². The molecule has 24 N–H and O–H groups in total. The maximum absolute atomic E-state index is 14.3. The van der Waals surface area contributed by atoms with Gasteiger partial charge in [0.15, 0.2) is 5.96 Å². The van der Waals surface area contributed by atoms with Gasteiger partial charge < -0.3 is 92.9 Å². The summed E-state index contributed by atoms with van der Waals surface area (Å²) in [5.74, 6) is -8.38. The minimum absolute atomic E-state index is 0.0417. The number of aliphatic hydroxyl groups is 1. The molecule has 28 heteroatoms. The maximum atomic E-state index is 14.3. The number of hydrogen-bond donors (Lipinski definition) is 16. The van der Waals surface area contributed by atoms with Crippen LogP contribution in [-0.2, 0) is 49.6 Å². The van der Waals surface area contributed by atoms with Crippen LogP contribution in [0.2, 0.25) is 0 Å². The van der Waals surface area contributed by atoms with E-state index in [1.807, 2.05) is 13.0 Å². The molecule has 0 bridgehead atoms. The van der Waals surface area contributed by atoms with Crippen LogP contribution in [0.15, 0.2) is 46.0 Å². The summed E-state index contributed by atoms with van der Waals surface area (Å²) in [6, 6.07) is -0.602. The number of nitrogens with two attached hydrogens (primary N) is 8. The molecular weight excluding hydrogens is 991 g/mol. The van der Waals surface area contributed by atoms with E-state index in [9.17, 15) is 53.4 Å². The average molecular weight is 1070 g/mol. The van der Waals surface area contributed by atoms with Crippen molar-refractivity contribution in [2.24, 2.45) is 55.9 Å². The first-order chi connectivity index (χ1) is 36.2. The first-order valence-corrected chi connectivity index (χ1v) is 25.4. The lowest BCUT2D eigenvalue weighted by molar-refractivity contribution is -0.137. The quantitative estimate of drug-likeness (QED) is 0.0130. The summed E-state index contributed by atoms with van der Waals surface area (Å²) in [4.78, 5) is 130. The van der Waals surface area contributed by atoms with Gasteiger partial charge in [0.1, 0.15) is 41.6 Å². The highest BCUT2D eigenvalue weighted by atomic mass is 16.4. The largest absolute Gasteiger partial charge is 0.477 e. The summed E-state index contributed by atoms with van der Waals surface area (Å²) in [6.45, 7) is 1.39. The number of nitrogens with one attached hydrogen (secondary N) is 6. The van der Waals surface area contributed by atoms with Crippen molar-refractivity contribution in [1.82, 2.24) is 36.8 Å². The molecular formula is C48H81N17O11. The highest BCUT2D eigenvalue weighted by molar-refractivity contribution is 6.40. The van der Waals surface area contributed by atoms with Gasteiger partial charge in [0, 0.05) is 26.1 Å². The van der Waals surface area contributed by atoms with Crippen LogP contribution in [0.25, 0.3) is 0 Å². The molecule has 1 aromatic rings. The van der Waals surface area contributed by atoms with Gasteiger partial charge >= 0.3 is 5.97 Å². The topological polar surface area (TPSA) is 502 Å². The van der Waals surface area contributed by atoms with Crippen molar-refractivity contribution in [2.45, 2.75) is 133 Å². The molecule has 2 rings (SSSR count). The van der Waals surface area contributed by atoms with Gasteiger partial charge in [-0.1, -0.05) is 42.3 Å². The minimum Gasteiger partial charge on any atom is -0.477 e. The molecule has 8 amide bonds. The molecule has 0 aliphatic carbocycles. The molecule has 1 aliphatic rings. The molecule has 1 heterocycles. The highest BCUT2D eigenvalue weighted by Crippen LogP contribution is 2.20. The van der Waals surface area contributed by atoms with E-state index in [0.29, 0.717) is 44.2 Å². The van der Waals surface area contributed by atoms with Crippen LogP contribution in [0.4, 0.5) is 0 Å². The number of aliphatic carboxylic acids is 1. The lowest BCUT2D eigenvalue weighted by atomic mass is 10.0. The zero-order valence-corrected chi connectivity index (χ0v) is 43.3. The lowest BCUT2D eigenvalue weighted by Crippen LogP contribution is -2.61. The van der Waals surface area contributed by atoms with E-state index < -0.39 is 114 Å². The number of guanidine groups is 1. The molecule has 76 heavy (non-hydrogen) atoms. The predicted molar refractivity (Wildman–Crippen MR) is 283 cm³/mol. The number of carboxylic acid groups (broad SMARTS) is 1. The number of rotatable bonds is 35. The van der Waals surface area contributed by atoms with Gasteiger partial charge in [0.2, 0.25) is 35.4 Å². The summed E-state index contributed by atoms with van der Waals surface area (Å²) in [5, 5.41) is 35.3. The van der Waals surface area contributed by atoms with Gasteiger partial charge in [-0.2, -0.15) is 0 Å². The first kappa shape index (κ1) is 65.2. The standard InChI is InChI=1S/C48H81N17O11/c1-28-10-6-11-29(24-28)25-35(43(71)60-31(13-3-5-19-50)42(70)62-34(47(75)76)15-8-22-57-48(55)56)63-44(72)36-16-9-23-65(36)46(74)33(14-7-20-51)59-38(67)27-58-41(69)32(17-21-52)61-45(73)39(37(66)26-53)64-40(68)30(54)12-2-4-18-49/h6,10-11,15,24,30-32,35-37,39,66H,2-5,7-9,12-14,16-23,25-27,49-54H2,1H3,(H,58,69)(H,60,71)(H,61,73)(H,62,70)(H,63,72)(H,64,68)(H,75,76)(H4,55,56,57)/b34-15-,59-33?/t30-,31-,32-,35-,36-,37-,39-/m0/s1. The van der Waals surface area contributed by atoms with Crippen molar-refractivity contribution in [3.8, 4) is 0 Å². The number of unbranched alkanes of at least 4 members (excludes halogenated alkanes) is 2. The third-order valence-electron chi connectivity index (χ3n) is 12.0. The second-order valence-corrected chi connectivity index (χ2v) is 18.1. The third-order valence-corrected chi connectivity index (χ3v) is 12.0. The Labute approximate surface area is 442 Å². The van der Waals surface area contributed by atoms with Crippen molar-refractivity contribution >= 4 is 64.9 Å². The minimum atomic E-state index is -1.61. The van der Waals surface area contributed by atoms with Crippen LogP contribution in [0.1, 0.15) is 88.2 Å². The second-order valence-electron chi connectivity index (χ2n) is 18.1. The van der Waals surface area contributed by atoms with Crippen LogP contribution in [0, 0.1) is 6.92 Å². The van der Waals surface area contributed by atoms with Crippen molar-refractivity contribution in [3.63, 3.8) is 0 Å². The van der Waals surface area contributed by atoms with Gasteiger partial charge in [0.25, 0.3) is 11.8 Å². The fraction of sp³-hybridized carbons (Fsp3) is 0.604. The number of benzene rings is 1. The molecule has 7 atom stereocenters. The third kappa shape index (κ3) is 23.3. The zero-order valence-electron chi connectivity index (χ0n) is 43.3. The van der Waals surface area contributed by atoms with Crippen LogP contribution >= 0.6 is 0 Å². The van der Waals surface area contributed by atoms with E-state index in [0.717, 1.165) is 5.56 Å². The zero-order chi connectivity index (χ0) is 56.7. The normalized spacial score (nSPS) is 15.9. The first-order valence-electron chi connectivity index (χ1n) is 25.4. The average Bonchev–Trinajstić information content (AvgIpc) is 3.88. The van der Waals surface area contributed by atoms with Crippen molar-refractivity contribution in [3.05, 3.63) is 47.2 Å². The monoisotopic (exact) mass is 1070 g/mol. The second kappa shape index (κ2) is 35.3. The van der Waals surface area contributed by atoms with E-state index >= 15 is 0 Å². The van der Waals surface area contributed by atoms with E-state index in [1.165, 1.54) is 11.0 Å². The Morgan fingerprint density at radius 3 is 2.05 bits per heavy atom. The van der Waals surface area contributed by atoms with Crippen LogP contribution in [-0.4, -0.2) is 175 Å². The summed E-state index contributed by atoms with van der Waals surface area (Å²) in [7, 11) is 0. The number of aliphatic hydroxyl groups excluding tert-OH is 1. The molecule has 1 fully saturated rings. The Kier molecular flexibility index (Phi) is 30.3. The van der Waals surface area contributed by atoms with Crippen molar-refractivity contribution in [2.75, 3.05) is 52.4 Å². The molecule has 0 spiro atoms. The maximum Gasteiger partial charge on any atom is 0.352 e. The number of nitrogens with zero attached hydrogens (tertiary/aromatic N) is 3. The summed E-state index contributed by atoms with van der Waals surface area (Å²) < 4.78 is 0. The number of carboxylic acids is 1. The Hall–Kier alpha value is -6.95. The Morgan fingerprint density at radius 2 is 1.43 bits per heavy atom. The molecule has 28 nitrogen and oxygen atoms in total. The fourth-order valence-electron chi connectivity index (χ4n) is 7.87. The molecule has 0 saturated carbocycles. The predicted octanol–water partition coefficient (Wildman–Crippen LogP) is -5.71. The molecule has 1 aromatic carbocycles. The number of amides is 8. The van der Waals surface area contributed by atoms with E-state index in [2.05, 4.69) is 41.9 Å². The van der Waals surface area contributed by atoms with Gasteiger partial charge in [0.05, 0.1) is 18.7 Å². The Bertz CT molecular complexity index is 2210. The summed E-state index contributed by atoms with van der Waals surface area (Å²) in [6.07, 6.45) is 2.41. The van der Waals surface area contributed by atoms with Gasteiger partial charge in [-0.25, -0.2) is 9.79 Å². The SMILES string of the molecule is Cc1cccc(C[C@H](NC(=O)[C@@H]2CCCN2C(=O)C(CCCN)=NC(=O)CNC(=O)[C@H](CCN)NC(=O)[C@@H](NC(=O)[C@@H](N)CCCCN)[C@@H](O)CN)C(=O)N[C@@H](CCCCN)C(=O)N/C(=C\CCN=C(N)N)C(=O)O)c1. The molecule has 0 unspecified atom stereocenters. The molecule has 0 aromatic heterocycles. The van der Waals surface area contributed by atoms with Gasteiger partial charge in [-0.05, 0) is 109 Å². The van der Waals surface area contributed by atoms with E-state index in [1.54, 1.807) is 18.2 Å². The van der Waals surface area contributed by atoms with Crippen LogP contribution < -0.4 is 77.8 Å². The van der Waals surface area contributed by atoms with Gasteiger partial charge in [-0.3, -0.25) is 43.3 Å². The van der Waals surface area contributed by atoms with Gasteiger partial charge in [-0.15, -0.1) is 0 Å². The number of likely N-dealkylation sites (tertiary alicyclic amines) is 1. The number of aliphatic imine (C=N–C) groups is 2. The highest BCUT2D eigenvalue weighted by Gasteiger charge is 2.39.